The van der Waals surface area contributed by atoms with Gasteiger partial charge in [0.05, 0.1) is 16.6 Å². The van der Waals surface area contributed by atoms with Crippen LogP contribution in [0.15, 0.2) is 203 Å². The molecule has 0 saturated carbocycles. The number of aromatic nitrogens is 1. The van der Waals surface area contributed by atoms with Gasteiger partial charge in [-0.1, -0.05) is 121 Å². The van der Waals surface area contributed by atoms with Crippen molar-refractivity contribution >= 4 is 72.0 Å². The first-order valence-corrected chi connectivity index (χ1v) is 18.3. The molecule has 0 fully saturated rings. The average molecular weight is 693 g/mol. The van der Waals surface area contributed by atoms with E-state index in [-0.39, 0.29) is 0 Å². The quantitative estimate of drug-likeness (QED) is 0.174. The Bertz CT molecular complexity index is 3130. The number of fused-ring (bicyclic) bond motifs is 8. The molecule has 54 heavy (non-hydrogen) atoms. The summed E-state index contributed by atoms with van der Waals surface area (Å²) in [6, 6.07) is 68.3. The van der Waals surface area contributed by atoms with Gasteiger partial charge >= 0.3 is 0 Å². The van der Waals surface area contributed by atoms with E-state index < -0.39 is 0 Å². The highest BCUT2D eigenvalue weighted by atomic mass is 16.3. The molecular weight excluding hydrogens is 661 g/mol. The van der Waals surface area contributed by atoms with Crippen molar-refractivity contribution in [2.24, 2.45) is 0 Å². The molecule has 11 aromatic rings. The van der Waals surface area contributed by atoms with Gasteiger partial charge in [0.1, 0.15) is 22.3 Å². The second kappa shape index (κ2) is 12.1. The van der Waals surface area contributed by atoms with E-state index in [1.54, 1.807) is 0 Å². The van der Waals surface area contributed by atoms with Gasteiger partial charge in [-0.15, -0.1) is 0 Å². The fourth-order valence-electron chi connectivity index (χ4n) is 8.16. The zero-order chi connectivity index (χ0) is 35.6. The Labute approximate surface area is 311 Å². The molecule has 0 aliphatic carbocycles. The van der Waals surface area contributed by atoms with Crippen molar-refractivity contribution in [3.8, 4) is 27.9 Å². The van der Waals surface area contributed by atoms with Crippen molar-refractivity contribution in [2.45, 2.75) is 0 Å². The van der Waals surface area contributed by atoms with Crippen LogP contribution in [0.5, 0.6) is 0 Å². The topological polar surface area (TPSA) is 34.5 Å². The van der Waals surface area contributed by atoms with Crippen LogP contribution < -0.4 is 4.90 Å². The predicted molar refractivity (Wildman–Crippen MR) is 223 cm³/mol. The monoisotopic (exact) mass is 692 g/mol. The van der Waals surface area contributed by atoms with E-state index in [0.29, 0.717) is 0 Å². The number of rotatable bonds is 6. The number of para-hydroxylation sites is 4. The van der Waals surface area contributed by atoms with E-state index in [4.69, 9.17) is 8.83 Å². The van der Waals surface area contributed by atoms with Crippen LogP contribution in [-0.4, -0.2) is 4.57 Å². The number of nitrogens with zero attached hydrogens (tertiary/aromatic N) is 2. The molecule has 0 amide bonds. The summed E-state index contributed by atoms with van der Waals surface area (Å²) in [6.07, 6.45) is 0. The molecule has 0 unspecified atom stereocenters. The molecule has 0 bridgehead atoms. The van der Waals surface area contributed by atoms with Crippen LogP contribution in [0.25, 0.3) is 82.9 Å². The van der Waals surface area contributed by atoms with E-state index in [1.807, 2.05) is 12.1 Å². The minimum absolute atomic E-state index is 0.861. The zero-order valence-corrected chi connectivity index (χ0v) is 29.2. The van der Waals surface area contributed by atoms with Crippen molar-refractivity contribution in [3.05, 3.63) is 194 Å². The highest BCUT2D eigenvalue weighted by molar-refractivity contribution is 6.18. The van der Waals surface area contributed by atoms with Crippen molar-refractivity contribution in [1.29, 1.82) is 0 Å². The van der Waals surface area contributed by atoms with E-state index in [0.717, 1.165) is 88.8 Å². The van der Waals surface area contributed by atoms with Crippen LogP contribution in [0.3, 0.4) is 0 Å². The van der Waals surface area contributed by atoms with Gasteiger partial charge in [0, 0.05) is 38.8 Å². The molecule has 3 heterocycles. The van der Waals surface area contributed by atoms with E-state index >= 15 is 0 Å². The largest absolute Gasteiger partial charge is 0.456 e. The molecule has 0 spiro atoms. The molecule has 4 heteroatoms. The minimum atomic E-state index is 0.861. The van der Waals surface area contributed by atoms with E-state index in [9.17, 15) is 0 Å². The molecule has 0 radical (unpaired) electrons. The lowest BCUT2D eigenvalue weighted by atomic mass is 10.0. The van der Waals surface area contributed by atoms with Crippen LogP contribution in [0.2, 0.25) is 0 Å². The van der Waals surface area contributed by atoms with Crippen LogP contribution >= 0.6 is 0 Å². The van der Waals surface area contributed by atoms with E-state index in [1.165, 1.54) is 11.1 Å². The van der Waals surface area contributed by atoms with Crippen molar-refractivity contribution in [2.75, 3.05) is 4.90 Å². The van der Waals surface area contributed by atoms with Crippen LogP contribution in [-0.2, 0) is 0 Å². The fraction of sp³-hybridized carbons (Fsp3) is 0. The first-order chi connectivity index (χ1) is 26.8. The highest BCUT2D eigenvalue weighted by Crippen LogP contribution is 2.45. The molecule has 0 aliphatic rings. The maximum atomic E-state index is 6.86. The molecule has 8 aromatic carbocycles. The maximum absolute atomic E-state index is 6.86. The summed E-state index contributed by atoms with van der Waals surface area (Å²) in [5.41, 5.74) is 14.5. The average Bonchev–Trinajstić information content (AvgIpc) is 3.92. The lowest BCUT2D eigenvalue weighted by Gasteiger charge is -2.26. The van der Waals surface area contributed by atoms with Gasteiger partial charge in [-0.2, -0.15) is 0 Å². The third kappa shape index (κ3) is 4.70. The Balaban J connectivity index is 1.07. The molecule has 0 aliphatic heterocycles. The second-order valence-electron chi connectivity index (χ2n) is 13.7. The fourth-order valence-corrected chi connectivity index (χ4v) is 8.16. The smallest absolute Gasteiger partial charge is 0.161 e. The highest BCUT2D eigenvalue weighted by Gasteiger charge is 2.22. The predicted octanol–water partition coefficient (Wildman–Crippen LogP) is 14.2. The summed E-state index contributed by atoms with van der Waals surface area (Å²) in [5.74, 6) is 0. The zero-order valence-electron chi connectivity index (χ0n) is 29.2. The lowest BCUT2D eigenvalue weighted by Crippen LogP contribution is -2.10. The van der Waals surface area contributed by atoms with Gasteiger partial charge in [0.15, 0.2) is 5.58 Å². The summed E-state index contributed by atoms with van der Waals surface area (Å²) in [5, 5.41) is 4.37. The Morgan fingerprint density at radius 3 is 1.76 bits per heavy atom. The third-order valence-electron chi connectivity index (χ3n) is 10.6. The molecule has 3 aromatic heterocycles. The maximum Gasteiger partial charge on any atom is 0.161 e. The number of furan rings is 2. The molecule has 4 nitrogen and oxygen atoms in total. The lowest BCUT2D eigenvalue weighted by molar-refractivity contribution is 0.669. The summed E-state index contributed by atoms with van der Waals surface area (Å²) < 4.78 is 15.5. The van der Waals surface area contributed by atoms with Gasteiger partial charge in [-0.3, -0.25) is 0 Å². The molecular formula is C50H32N2O2. The summed E-state index contributed by atoms with van der Waals surface area (Å²) in [7, 11) is 0. The number of anilines is 3. The molecule has 11 rings (SSSR count). The number of hydrogen-bond acceptors (Lipinski definition) is 3. The number of benzene rings is 8. The molecule has 0 saturated heterocycles. The molecule has 0 atom stereocenters. The van der Waals surface area contributed by atoms with Crippen LogP contribution in [0.1, 0.15) is 0 Å². The Kier molecular flexibility index (Phi) is 6.82. The van der Waals surface area contributed by atoms with Gasteiger partial charge < -0.3 is 18.3 Å². The number of hydrogen-bond donors (Lipinski definition) is 0. The SMILES string of the molecule is c1ccc(-c2ccc(N(c3ccc(-c4cccc5c4oc4c6ccccc6n(-c6ccccc6)c54)cc3)c3cccc4oc5ccccc5c34)cc2)cc1. The Morgan fingerprint density at radius 2 is 0.981 bits per heavy atom. The minimum Gasteiger partial charge on any atom is -0.456 e. The Morgan fingerprint density at radius 1 is 0.389 bits per heavy atom. The summed E-state index contributed by atoms with van der Waals surface area (Å²) >= 11 is 0. The van der Waals surface area contributed by atoms with Crippen molar-refractivity contribution < 1.29 is 8.83 Å². The Hall–Kier alpha value is -7.30. The second-order valence-corrected chi connectivity index (χ2v) is 13.7. The summed E-state index contributed by atoms with van der Waals surface area (Å²) in [4.78, 5) is 2.33. The molecule has 0 N–H and O–H groups in total. The van der Waals surface area contributed by atoms with Gasteiger partial charge in [-0.05, 0) is 89.5 Å². The summed E-state index contributed by atoms with van der Waals surface area (Å²) in [6.45, 7) is 0. The first kappa shape index (κ1) is 30.3. The molecule has 254 valence electrons. The normalized spacial score (nSPS) is 11.7. The van der Waals surface area contributed by atoms with Crippen LogP contribution in [0.4, 0.5) is 17.1 Å². The van der Waals surface area contributed by atoms with Gasteiger partial charge in [0.2, 0.25) is 0 Å². The van der Waals surface area contributed by atoms with E-state index in [2.05, 4.69) is 191 Å². The standard InChI is InChI=1S/C50H32N2O2/c1-3-13-33(14-4-1)34-25-29-37(30-26-34)51(44-22-12-24-46-47(44)41-18-8-10-23-45(41)53-46)38-31-27-35(28-32-38)39-19-11-20-42-48-50(54-49(39)42)40-17-7-9-21-43(40)52(48)36-15-5-2-6-16-36/h1-32H. The van der Waals surface area contributed by atoms with Crippen molar-refractivity contribution in [1.82, 2.24) is 4.57 Å². The van der Waals surface area contributed by atoms with Gasteiger partial charge in [-0.25, -0.2) is 0 Å². The third-order valence-corrected chi connectivity index (χ3v) is 10.6. The van der Waals surface area contributed by atoms with Crippen LogP contribution in [0, 0.1) is 0 Å². The van der Waals surface area contributed by atoms with Gasteiger partial charge in [0.25, 0.3) is 0 Å². The van der Waals surface area contributed by atoms with Crippen molar-refractivity contribution in [3.63, 3.8) is 0 Å². The first-order valence-electron chi connectivity index (χ1n) is 18.3.